The molecular formula is C14H26O. The molecule has 0 fully saturated rings. The summed E-state index contributed by atoms with van der Waals surface area (Å²) in [5, 5.41) is 0. The Morgan fingerprint density at radius 3 is 2.20 bits per heavy atom. The molecule has 15 heavy (non-hydrogen) atoms. The van der Waals surface area contributed by atoms with E-state index in [1.165, 1.54) is 32.1 Å². The summed E-state index contributed by atoms with van der Waals surface area (Å²) in [5.41, 5.74) is 1.57. The third kappa shape index (κ3) is 9.71. The maximum Gasteiger partial charge on any atom is 0.129 e. The molecule has 0 radical (unpaired) electrons. The maximum atomic E-state index is 10.8. The minimum Gasteiger partial charge on any atom is -0.300 e. The van der Waals surface area contributed by atoms with E-state index in [-0.39, 0.29) is 0 Å². The first kappa shape index (κ1) is 14.4. The summed E-state index contributed by atoms with van der Waals surface area (Å²) < 4.78 is 0. The number of hydrogen-bond acceptors (Lipinski definition) is 1. The van der Waals surface area contributed by atoms with Crippen molar-refractivity contribution in [2.45, 2.75) is 72.1 Å². The van der Waals surface area contributed by atoms with Gasteiger partial charge in [0.25, 0.3) is 0 Å². The summed E-state index contributed by atoms with van der Waals surface area (Å²) in [5.74, 6) is 0.320. The summed E-state index contributed by atoms with van der Waals surface area (Å²) in [6.07, 6.45) is 11.5. The maximum absolute atomic E-state index is 10.8. The molecule has 0 spiro atoms. The predicted molar refractivity (Wildman–Crippen MR) is 67.0 cm³/mol. The van der Waals surface area contributed by atoms with E-state index in [9.17, 15) is 4.79 Å². The summed E-state index contributed by atoms with van der Waals surface area (Å²) in [4.78, 5) is 10.8. The van der Waals surface area contributed by atoms with E-state index in [0.29, 0.717) is 5.78 Å². The summed E-state index contributed by atoms with van der Waals surface area (Å²) in [7, 11) is 0. The van der Waals surface area contributed by atoms with Gasteiger partial charge in [-0.05, 0) is 39.0 Å². The molecule has 1 nitrogen and oxygen atoms in total. The van der Waals surface area contributed by atoms with E-state index in [4.69, 9.17) is 0 Å². The van der Waals surface area contributed by atoms with Crippen LogP contribution in [0.15, 0.2) is 11.6 Å². The van der Waals surface area contributed by atoms with Gasteiger partial charge in [0.2, 0.25) is 0 Å². The van der Waals surface area contributed by atoms with Crippen LogP contribution in [0.2, 0.25) is 0 Å². The van der Waals surface area contributed by atoms with Crippen molar-refractivity contribution in [3.05, 3.63) is 11.6 Å². The molecule has 0 aromatic heterocycles. The standard InChI is InChI=1S/C14H26O/c1-4-6-10-14(11-7-5-2)12-8-9-13(3)15/h10H,4-9,11-12H2,1-3H3/b14-10-. The lowest BCUT2D eigenvalue weighted by atomic mass is 10.0. The van der Waals surface area contributed by atoms with E-state index < -0.39 is 0 Å². The van der Waals surface area contributed by atoms with Gasteiger partial charge in [0.15, 0.2) is 0 Å². The van der Waals surface area contributed by atoms with Gasteiger partial charge >= 0.3 is 0 Å². The number of ketones is 1. The van der Waals surface area contributed by atoms with Crippen LogP contribution in [0, 0.1) is 0 Å². The van der Waals surface area contributed by atoms with Crippen LogP contribution in [0.5, 0.6) is 0 Å². The SMILES string of the molecule is CCC/C=C(/CCCC)CCCC(C)=O. The highest BCUT2D eigenvalue weighted by molar-refractivity contribution is 5.75. The topological polar surface area (TPSA) is 17.1 Å². The molecule has 0 heterocycles. The van der Waals surface area contributed by atoms with E-state index >= 15 is 0 Å². The lowest BCUT2D eigenvalue weighted by Gasteiger charge is -2.06. The van der Waals surface area contributed by atoms with Gasteiger partial charge in [0, 0.05) is 6.42 Å². The first-order valence-corrected chi connectivity index (χ1v) is 6.38. The lowest BCUT2D eigenvalue weighted by molar-refractivity contribution is -0.117. The number of allylic oxidation sites excluding steroid dienone is 2. The van der Waals surface area contributed by atoms with Crippen molar-refractivity contribution in [3.8, 4) is 0 Å². The number of hydrogen-bond donors (Lipinski definition) is 0. The molecule has 0 rings (SSSR count). The monoisotopic (exact) mass is 210 g/mol. The second-order valence-electron chi connectivity index (χ2n) is 4.31. The van der Waals surface area contributed by atoms with Gasteiger partial charge in [-0.25, -0.2) is 0 Å². The Morgan fingerprint density at radius 1 is 1.00 bits per heavy atom. The van der Waals surface area contributed by atoms with Crippen molar-refractivity contribution < 1.29 is 4.79 Å². The van der Waals surface area contributed by atoms with Gasteiger partial charge in [-0.15, -0.1) is 0 Å². The number of unbranched alkanes of at least 4 members (excludes halogenated alkanes) is 2. The van der Waals surface area contributed by atoms with Gasteiger partial charge in [-0.1, -0.05) is 38.3 Å². The first-order valence-electron chi connectivity index (χ1n) is 6.38. The summed E-state index contributed by atoms with van der Waals surface area (Å²) >= 11 is 0. The van der Waals surface area contributed by atoms with Gasteiger partial charge in [-0.3, -0.25) is 0 Å². The van der Waals surface area contributed by atoms with Crippen LogP contribution >= 0.6 is 0 Å². The Morgan fingerprint density at radius 2 is 1.67 bits per heavy atom. The van der Waals surface area contributed by atoms with Crippen LogP contribution in [0.25, 0.3) is 0 Å². The van der Waals surface area contributed by atoms with Gasteiger partial charge in [0.05, 0.1) is 0 Å². The van der Waals surface area contributed by atoms with Gasteiger partial charge in [-0.2, -0.15) is 0 Å². The fraction of sp³-hybridized carbons (Fsp3) is 0.786. The Kier molecular flexibility index (Phi) is 9.55. The Hall–Kier alpha value is -0.590. The second kappa shape index (κ2) is 9.95. The minimum atomic E-state index is 0.320. The van der Waals surface area contributed by atoms with Crippen LogP contribution in [-0.2, 0) is 4.79 Å². The molecule has 0 aromatic carbocycles. The fourth-order valence-electron chi connectivity index (χ4n) is 1.65. The molecule has 0 amide bonds. The lowest BCUT2D eigenvalue weighted by Crippen LogP contribution is -1.92. The zero-order valence-electron chi connectivity index (χ0n) is 10.6. The minimum absolute atomic E-state index is 0.320. The fourth-order valence-corrected chi connectivity index (χ4v) is 1.65. The van der Waals surface area contributed by atoms with E-state index in [1.54, 1.807) is 12.5 Å². The molecule has 88 valence electrons. The molecule has 0 aliphatic heterocycles. The number of carbonyl (C=O) groups is 1. The normalized spacial score (nSPS) is 11.8. The number of Topliss-reactive ketones (excluding diaryl/α,β-unsaturated/α-hetero) is 1. The summed E-state index contributed by atoms with van der Waals surface area (Å²) in [6, 6.07) is 0. The van der Waals surface area contributed by atoms with Crippen LogP contribution in [0.4, 0.5) is 0 Å². The second-order valence-corrected chi connectivity index (χ2v) is 4.31. The molecule has 0 atom stereocenters. The molecule has 0 aliphatic carbocycles. The van der Waals surface area contributed by atoms with Gasteiger partial charge in [0.1, 0.15) is 5.78 Å². The highest BCUT2D eigenvalue weighted by atomic mass is 16.1. The molecule has 0 saturated heterocycles. The quantitative estimate of drug-likeness (QED) is 0.506. The first-order chi connectivity index (χ1) is 7.20. The zero-order valence-corrected chi connectivity index (χ0v) is 10.6. The molecule has 0 N–H and O–H groups in total. The van der Waals surface area contributed by atoms with E-state index in [2.05, 4.69) is 19.9 Å². The smallest absolute Gasteiger partial charge is 0.129 e. The van der Waals surface area contributed by atoms with Crippen molar-refractivity contribution in [2.24, 2.45) is 0 Å². The van der Waals surface area contributed by atoms with E-state index in [0.717, 1.165) is 19.3 Å². The zero-order chi connectivity index (χ0) is 11.5. The summed E-state index contributed by atoms with van der Waals surface area (Å²) in [6.45, 7) is 6.12. The molecule has 1 heteroatoms. The van der Waals surface area contributed by atoms with Crippen molar-refractivity contribution in [1.82, 2.24) is 0 Å². The third-order valence-corrected chi connectivity index (χ3v) is 2.60. The highest BCUT2D eigenvalue weighted by Crippen LogP contribution is 2.16. The average Bonchev–Trinajstić information content (AvgIpc) is 2.20. The Balaban J connectivity index is 3.84. The Labute approximate surface area is 95.0 Å². The predicted octanol–water partition coefficient (Wildman–Crippen LogP) is 4.66. The van der Waals surface area contributed by atoms with Crippen molar-refractivity contribution in [2.75, 3.05) is 0 Å². The number of rotatable bonds is 9. The van der Waals surface area contributed by atoms with E-state index in [1.807, 2.05) is 0 Å². The van der Waals surface area contributed by atoms with Gasteiger partial charge < -0.3 is 4.79 Å². The van der Waals surface area contributed by atoms with Crippen molar-refractivity contribution in [1.29, 1.82) is 0 Å². The van der Waals surface area contributed by atoms with Crippen molar-refractivity contribution in [3.63, 3.8) is 0 Å². The van der Waals surface area contributed by atoms with Crippen LogP contribution < -0.4 is 0 Å². The molecule has 0 aromatic rings. The molecule has 0 unspecified atom stereocenters. The van der Waals surface area contributed by atoms with Crippen LogP contribution in [0.1, 0.15) is 72.1 Å². The molecular weight excluding hydrogens is 184 g/mol. The highest BCUT2D eigenvalue weighted by Gasteiger charge is 1.99. The third-order valence-electron chi connectivity index (χ3n) is 2.60. The largest absolute Gasteiger partial charge is 0.300 e. The molecule has 0 bridgehead atoms. The van der Waals surface area contributed by atoms with Crippen LogP contribution in [0.3, 0.4) is 0 Å². The Bertz CT molecular complexity index is 192. The molecule has 0 saturated carbocycles. The number of carbonyl (C=O) groups excluding carboxylic acids is 1. The molecule has 0 aliphatic rings. The van der Waals surface area contributed by atoms with Crippen molar-refractivity contribution >= 4 is 5.78 Å². The average molecular weight is 210 g/mol. The van der Waals surface area contributed by atoms with Crippen LogP contribution in [-0.4, -0.2) is 5.78 Å².